The maximum Gasteiger partial charge on any atom is 0.124 e. The molecule has 0 aromatic heterocycles. The average molecular weight is 502 g/mol. The lowest BCUT2D eigenvalue weighted by Crippen LogP contribution is -2.20. The molecule has 0 amide bonds. The number of benzene rings is 1. The van der Waals surface area contributed by atoms with E-state index in [2.05, 4.69) is 15.3 Å². The summed E-state index contributed by atoms with van der Waals surface area (Å²) in [5.41, 5.74) is 15.2. The van der Waals surface area contributed by atoms with E-state index >= 15 is 0 Å². The first-order chi connectivity index (χ1) is 17.4. The van der Waals surface area contributed by atoms with Crippen molar-refractivity contribution in [3.05, 3.63) is 59.6 Å². The summed E-state index contributed by atoms with van der Waals surface area (Å²) < 4.78 is 10.8. The van der Waals surface area contributed by atoms with Crippen molar-refractivity contribution < 1.29 is 14.6 Å². The SMILES string of the molecule is CC.CC.COc1cccc(/C(N)=C/C=NC(C)\C=C(/N=C(C)/C=C(\N)C2CCCO2)NCCO)c1. The number of aliphatic imine (C=N–C) groups is 2. The molecule has 8 heteroatoms. The number of nitrogens with one attached hydrogen (secondary N) is 1. The number of methoxy groups -OCH3 is 1. The smallest absolute Gasteiger partial charge is 0.124 e. The molecule has 1 saturated heterocycles. The standard InChI is InChI=1S/C24H35N5O3.2C2H6/c1-17(27-10-9-21(25)19-6-4-7-20(16-19)31-3)15-24(28-11-12-30)29-18(2)14-22(26)23-8-5-13-32-23;2*1-2/h4,6-7,9-10,14-17,23,28,30H,5,8,11-13,25-26H2,1-3H3;2*1-2H3/b21-9-,22-14-,24-15-,27-10?,29-18+;;. The molecule has 1 fully saturated rings. The number of nitrogens with zero attached hydrogens (tertiary/aromatic N) is 2. The van der Waals surface area contributed by atoms with Gasteiger partial charge in [0, 0.05) is 42.0 Å². The molecule has 1 aliphatic heterocycles. The number of nitrogens with two attached hydrogens (primary N) is 2. The predicted molar refractivity (Wildman–Crippen MR) is 153 cm³/mol. The van der Waals surface area contributed by atoms with Gasteiger partial charge in [0.05, 0.1) is 25.9 Å². The molecule has 1 aromatic carbocycles. The molecule has 0 saturated carbocycles. The van der Waals surface area contributed by atoms with Crippen LogP contribution in [0.3, 0.4) is 0 Å². The molecule has 2 rings (SSSR count). The first kappa shape index (κ1) is 32.9. The Hall–Kier alpha value is -3.10. The molecule has 6 N–H and O–H groups in total. The first-order valence-electron chi connectivity index (χ1n) is 12.8. The summed E-state index contributed by atoms with van der Waals surface area (Å²) in [4.78, 5) is 9.08. The van der Waals surface area contributed by atoms with Gasteiger partial charge in [-0.3, -0.25) is 4.99 Å². The highest BCUT2D eigenvalue weighted by molar-refractivity contribution is 5.94. The minimum Gasteiger partial charge on any atom is -0.497 e. The normalized spacial score (nSPS) is 17.6. The molecule has 1 aromatic rings. The fraction of sp³-hybridized carbons (Fsp3) is 0.500. The van der Waals surface area contributed by atoms with Crippen LogP contribution in [0.15, 0.2) is 64.0 Å². The summed E-state index contributed by atoms with van der Waals surface area (Å²) in [6.07, 6.45) is 9.04. The van der Waals surface area contributed by atoms with Gasteiger partial charge >= 0.3 is 0 Å². The number of hydrogen-bond donors (Lipinski definition) is 4. The Labute approximate surface area is 217 Å². The lowest BCUT2D eigenvalue weighted by molar-refractivity contribution is 0.136. The van der Waals surface area contributed by atoms with Gasteiger partial charge in [0.25, 0.3) is 0 Å². The summed E-state index contributed by atoms with van der Waals surface area (Å²) in [5, 5.41) is 12.3. The minimum absolute atomic E-state index is 0.00272. The van der Waals surface area contributed by atoms with E-state index in [9.17, 15) is 5.11 Å². The molecule has 2 atom stereocenters. The van der Waals surface area contributed by atoms with Crippen molar-refractivity contribution in [3.8, 4) is 5.75 Å². The Balaban J connectivity index is 0.00000291. The summed E-state index contributed by atoms with van der Waals surface area (Å²) >= 11 is 0. The van der Waals surface area contributed by atoms with Crippen LogP contribution in [0.2, 0.25) is 0 Å². The van der Waals surface area contributed by atoms with E-state index in [1.54, 1.807) is 19.4 Å². The minimum atomic E-state index is -0.165. The zero-order chi connectivity index (χ0) is 27.3. The van der Waals surface area contributed by atoms with Crippen LogP contribution in [-0.4, -0.2) is 56.0 Å². The monoisotopic (exact) mass is 501 g/mol. The van der Waals surface area contributed by atoms with Crippen LogP contribution >= 0.6 is 0 Å². The van der Waals surface area contributed by atoms with Crippen molar-refractivity contribution >= 4 is 17.6 Å². The average Bonchev–Trinajstić information content (AvgIpc) is 3.45. The van der Waals surface area contributed by atoms with Crippen LogP contribution in [0.25, 0.3) is 5.70 Å². The Bertz CT molecular complexity index is 885. The van der Waals surface area contributed by atoms with E-state index in [1.807, 2.05) is 78.0 Å². The summed E-state index contributed by atoms with van der Waals surface area (Å²) in [6, 6.07) is 7.37. The molecule has 202 valence electrons. The van der Waals surface area contributed by atoms with E-state index in [0.717, 1.165) is 36.5 Å². The second kappa shape index (κ2) is 20.1. The van der Waals surface area contributed by atoms with E-state index in [4.69, 9.17) is 20.9 Å². The van der Waals surface area contributed by atoms with Crippen molar-refractivity contribution in [1.29, 1.82) is 0 Å². The maximum absolute atomic E-state index is 9.17. The molecule has 1 aliphatic rings. The molecule has 8 nitrogen and oxygen atoms in total. The van der Waals surface area contributed by atoms with Gasteiger partial charge in [-0.25, -0.2) is 4.99 Å². The van der Waals surface area contributed by atoms with Crippen molar-refractivity contribution in [2.45, 2.75) is 66.5 Å². The van der Waals surface area contributed by atoms with Crippen LogP contribution in [-0.2, 0) is 4.74 Å². The van der Waals surface area contributed by atoms with Gasteiger partial charge in [-0.2, -0.15) is 0 Å². The molecule has 0 bridgehead atoms. The van der Waals surface area contributed by atoms with E-state index in [1.165, 1.54) is 0 Å². The van der Waals surface area contributed by atoms with Crippen LogP contribution in [0.4, 0.5) is 0 Å². The molecule has 0 radical (unpaired) electrons. The van der Waals surface area contributed by atoms with Crippen molar-refractivity contribution in [2.24, 2.45) is 21.5 Å². The lowest BCUT2D eigenvalue weighted by Gasteiger charge is -2.11. The molecule has 2 unspecified atom stereocenters. The molecule has 0 aliphatic carbocycles. The highest BCUT2D eigenvalue weighted by Crippen LogP contribution is 2.17. The van der Waals surface area contributed by atoms with Gasteiger partial charge in [-0.05, 0) is 57.0 Å². The highest BCUT2D eigenvalue weighted by atomic mass is 16.5. The summed E-state index contributed by atoms with van der Waals surface area (Å²) in [5.74, 6) is 1.36. The van der Waals surface area contributed by atoms with E-state index in [-0.39, 0.29) is 18.8 Å². The predicted octanol–water partition coefficient (Wildman–Crippen LogP) is 4.41. The van der Waals surface area contributed by atoms with Crippen LogP contribution in [0.1, 0.15) is 59.9 Å². The van der Waals surface area contributed by atoms with Gasteiger partial charge in [0.2, 0.25) is 0 Å². The van der Waals surface area contributed by atoms with Gasteiger partial charge in [-0.1, -0.05) is 39.8 Å². The number of hydrogen-bond acceptors (Lipinski definition) is 8. The number of ether oxygens (including phenoxy) is 2. The van der Waals surface area contributed by atoms with Crippen molar-refractivity contribution in [3.63, 3.8) is 0 Å². The first-order valence-corrected chi connectivity index (χ1v) is 12.8. The Kier molecular flexibility index (Phi) is 18.4. The van der Waals surface area contributed by atoms with Gasteiger partial charge < -0.3 is 31.4 Å². The van der Waals surface area contributed by atoms with E-state index in [0.29, 0.717) is 23.8 Å². The molecular formula is C28H47N5O3. The largest absolute Gasteiger partial charge is 0.497 e. The third-order valence-electron chi connectivity index (χ3n) is 4.77. The maximum atomic E-state index is 9.17. The van der Waals surface area contributed by atoms with Gasteiger partial charge in [0.1, 0.15) is 11.6 Å². The molecule has 0 spiro atoms. The van der Waals surface area contributed by atoms with E-state index < -0.39 is 0 Å². The molecular weight excluding hydrogens is 454 g/mol. The van der Waals surface area contributed by atoms with Crippen LogP contribution in [0, 0.1) is 0 Å². The number of allylic oxidation sites excluding steroid dienone is 2. The fourth-order valence-corrected chi connectivity index (χ4v) is 3.15. The zero-order valence-corrected chi connectivity index (χ0v) is 23.1. The number of aliphatic hydroxyl groups is 1. The second-order valence-corrected chi connectivity index (χ2v) is 7.49. The number of rotatable bonds is 11. The third kappa shape index (κ3) is 13.1. The Morgan fingerprint density at radius 1 is 1.28 bits per heavy atom. The quantitative estimate of drug-likeness (QED) is 0.333. The Morgan fingerprint density at radius 2 is 2.00 bits per heavy atom. The van der Waals surface area contributed by atoms with Crippen molar-refractivity contribution in [2.75, 3.05) is 26.9 Å². The number of aliphatic hydroxyl groups excluding tert-OH is 1. The van der Waals surface area contributed by atoms with Crippen molar-refractivity contribution in [1.82, 2.24) is 5.32 Å². The topological polar surface area (TPSA) is 127 Å². The molecule has 1 heterocycles. The summed E-state index contributed by atoms with van der Waals surface area (Å²) in [6.45, 7) is 12.9. The van der Waals surface area contributed by atoms with Gasteiger partial charge in [0.15, 0.2) is 0 Å². The highest BCUT2D eigenvalue weighted by Gasteiger charge is 2.17. The Morgan fingerprint density at radius 3 is 2.61 bits per heavy atom. The van der Waals surface area contributed by atoms with Crippen LogP contribution < -0.4 is 21.5 Å². The van der Waals surface area contributed by atoms with Gasteiger partial charge in [-0.15, -0.1) is 0 Å². The molecule has 36 heavy (non-hydrogen) atoms. The summed E-state index contributed by atoms with van der Waals surface area (Å²) in [7, 11) is 1.62. The van der Waals surface area contributed by atoms with Crippen LogP contribution in [0.5, 0.6) is 5.75 Å². The zero-order valence-electron chi connectivity index (χ0n) is 23.1. The lowest BCUT2D eigenvalue weighted by atomic mass is 10.1. The third-order valence-corrected chi connectivity index (χ3v) is 4.77. The fourth-order valence-electron chi connectivity index (χ4n) is 3.15. The second-order valence-electron chi connectivity index (χ2n) is 7.49.